The number of aromatic nitrogens is 1. The maximum Gasteiger partial charge on any atom is 0.224 e. The summed E-state index contributed by atoms with van der Waals surface area (Å²) in [6.07, 6.45) is 2.67. The van der Waals surface area contributed by atoms with Crippen molar-refractivity contribution in [3.8, 4) is 11.1 Å². The van der Waals surface area contributed by atoms with E-state index in [4.69, 9.17) is 0 Å². The third kappa shape index (κ3) is 4.67. The normalized spacial score (nSPS) is 16.9. The fourth-order valence-electron chi connectivity index (χ4n) is 5.30. The topological polar surface area (TPSA) is 74.3 Å². The average molecular weight is 479 g/mol. The maximum atomic E-state index is 12.6. The zero-order valence-electron chi connectivity index (χ0n) is 20.8. The van der Waals surface area contributed by atoms with Crippen LogP contribution in [0.1, 0.15) is 38.7 Å². The van der Waals surface area contributed by atoms with Gasteiger partial charge in [-0.1, -0.05) is 36.4 Å². The van der Waals surface area contributed by atoms with Gasteiger partial charge in [-0.3, -0.25) is 14.6 Å². The Morgan fingerprint density at radius 1 is 0.972 bits per heavy atom. The average Bonchev–Trinajstić information content (AvgIpc) is 2.86. The molecule has 5 rings (SSSR count). The van der Waals surface area contributed by atoms with Gasteiger partial charge < -0.3 is 15.5 Å². The maximum absolute atomic E-state index is 12.6. The molecule has 182 valence electrons. The van der Waals surface area contributed by atoms with Crippen molar-refractivity contribution in [1.29, 1.82) is 0 Å². The summed E-state index contributed by atoms with van der Waals surface area (Å²) >= 11 is 0. The van der Waals surface area contributed by atoms with Crippen LogP contribution in [0.15, 0.2) is 79.0 Å². The van der Waals surface area contributed by atoms with Gasteiger partial charge in [-0.15, -0.1) is 0 Å². The third-order valence-electron chi connectivity index (χ3n) is 6.82. The Morgan fingerprint density at radius 2 is 1.75 bits per heavy atom. The first-order valence-electron chi connectivity index (χ1n) is 12.3. The number of nitrogens with one attached hydrogen (secondary N) is 2. The number of rotatable bonds is 5. The second kappa shape index (κ2) is 9.82. The van der Waals surface area contributed by atoms with Crippen LogP contribution >= 0.6 is 0 Å². The van der Waals surface area contributed by atoms with E-state index in [2.05, 4.69) is 58.9 Å². The molecule has 3 aromatic carbocycles. The molecule has 2 amide bonds. The predicted molar refractivity (Wildman–Crippen MR) is 146 cm³/mol. The molecule has 2 atom stereocenters. The predicted octanol–water partition coefficient (Wildman–Crippen LogP) is 6.20. The van der Waals surface area contributed by atoms with Gasteiger partial charge in [0.05, 0.1) is 11.2 Å². The lowest BCUT2D eigenvalue weighted by Gasteiger charge is -2.39. The highest BCUT2D eigenvalue weighted by Crippen LogP contribution is 2.41. The minimum absolute atomic E-state index is 0.0498. The molecule has 6 nitrogen and oxygen atoms in total. The molecule has 0 fully saturated rings. The Bertz CT molecular complexity index is 1440. The van der Waals surface area contributed by atoms with Crippen LogP contribution in [0.25, 0.3) is 22.0 Å². The van der Waals surface area contributed by atoms with Gasteiger partial charge in [-0.2, -0.15) is 0 Å². The number of nitrogens with zero attached hydrogens (tertiary/aromatic N) is 2. The number of fused-ring (bicyclic) bond motifs is 2. The number of benzene rings is 3. The van der Waals surface area contributed by atoms with Crippen LogP contribution in [-0.2, 0) is 9.59 Å². The van der Waals surface area contributed by atoms with Gasteiger partial charge in [0.1, 0.15) is 0 Å². The van der Waals surface area contributed by atoms with Crippen molar-refractivity contribution in [3.63, 3.8) is 0 Å². The summed E-state index contributed by atoms with van der Waals surface area (Å²) in [6, 6.07) is 24.4. The smallest absolute Gasteiger partial charge is 0.224 e. The van der Waals surface area contributed by atoms with Gasteiger partial charge in [0.15, 0.2) is 0 Å². The molecule has 0 saturated heterocycles. The number of amides is 2. The highest BCUT2D eigenvalue weighted by atomic mass is 16.2. The van der Waals surface area contributed by atoms with Crippen LogP contribution in [0.5, 0.6) is 0 Å². The number of carbonyl (C=O) groups is 2. The van der Waals surface area contributed by atoms with Crippen molar-refractivity contribution >= 4 is 39.8 Å². The van der Waals surface area contributed by atoms with E-state index in [1.54, 1.807) is 6.92 Å². The lowest BCUT2D eigenvalue weighted by atomic mass is 9.84. The van der Waals surface area contributed by atoms with Gasteiger partial charge in [0, 0.05) is 55.3 Å². The molecule has 1 aliphatic heterocycles. The number of carbonyl (C=O) groups excluding carboxylic acids is 2. The van der Waals surface area contributed by atoms with Gasteiger partial charge >= 0.3 is 0 Å². The highest BCUT2D eigenvalue weighted by molar-refractivity contribution is 5.95. The van der Waals surface area contributed by atoms with Gasteiger partial charge in [-0.05, 0) is 66.4 Å². The summed E-state index contributed by atoms with van der Waals surface area (Å²) in [5.41, 5.74) is 6.90. The lowest BCUT2D eigenvalue weighted by Crippen LogP contribution is -2.43. The minimum atomic E-state index is -0.0993. The van der Waals surface area contributed by atoms with Gasteiger partial charge in [0.25, 0.3) is 0 Å². The molecule has 1 aliphatic rings. The van der Waals surface area contributed by atoms with E-state index in [1.165, 1.54) is 6.92 Å². The van der Waals surface area contributed by atoms with E-state index < -0.39 is 0 Å². The fourth-order valence-corrected chi connectivity index (χ4v) is 5.30. The minimum Gasteiger partial charge on any atom is -0.383 e. The highest BCUT2D eigenvalue weighted by Gasteiger charge is 2.32. The number of pyridine rings is 1. The van der Waals surface area contributed by atoms with Crippen LogP contribution in [-0.4, -0.2) is 29.4 Å². The number of para-hydroxylation sites is 1. The molecule has 2 N–H and O–H groups in total. The van der Waals surface area contributed by atoms with E-state index in [1.807, 2.05) is 47.5 Å². The van der Waals surface area contributed by atoms with Crippen LogP contribution in [0, 0.1) is 0 Å². The zero-order valence-corrected chi connectivity index (χ0v) is 20.8. The van der Waals surface area contributed by atoms with E-state index in [0.717, 1.165) is 57.6 Å². The molecule has 0 spiro atoms. The summed E-state index contributed by atoms with van der Waals surface area (Å²) in [4.78, 5) is 30.6. The molecular formula is C30H30N4O2. The Balaban J connectivity index is 1.50. The molecular weight excluding hydrogens is 448 g/mol. The quantitative estimate of drug-likeness (QED) is 0.358. The Morgan fingerprint density at radius 3 is 2.56 bits per heavy atom. The first-order valence-corrected chi connectivity index (χ1v) is 12.3. The molecule has 0 radical (unpaired) electrons. The van der Waals surface area contributed by atoms with E-state index in [9.17, 15) is 9.59 Å². The number of anilines is 3. The molecule has 6 heteroatoms. The van der Waals surface area contributed by atoms with E-state index in [-0.39, 0.29) is 23.8 Å². The summed E-state index contributed by atoms with van der Waals surface area (Å²) in [5, 5.41) is 7.60. The first-order chi connectivity index (χ1) is 17.4. The third-order valence-corrected chi connectivity index (χ3v) is 6.82. The van der Waals surface area contributed by atoms with Crippen molar-refractivity contribution in [2.24, 2.45) is 0 Å². The van der Waals surface area contributed by atoms with Gasteiger partial charge in [-0.25, -0.2) is 0 Å². The van der Waals surface area contributed by atoms with Crippen LogP contribution in [0.3, 0.4) is 0 Å². The molecule has 1 aromatic heterocycles. The molecule has 0 aliphatic carbocycles. The van der Waals surface area contributed by atoms with Crippen molar-refractivity contribution < 1.29 is 9.59 Å². The summed E-state index contributed by atoms with van der Waals surface area (Å²) < 4.78 is 0. The van der Waals surface area contributed by atoms with Gasteiger partial charge in [0.2, 0.25) is 11.8 Å². The van der Waals surface area contributed by atoms with Crippen LogP contribution in [0.2, 0.25) is 0 Å². The monoisotopic (exact) mass is 478 g/mol. The summed E-state index contributed by atoms with van der Waals surface area (Å²) in [6.45, 7) is 5.98. The number of hydrogen-bond acceptors (Lipinski definition) is 4. The number of hydrogen-bond donors (Lipinski definition) is 2. The van der Waals surface area contributed by atoms with E-state index >= 15 is 0 Å². The van der Waals surface area contributed by atoms with Crippen LogP contribution < -0.4 is 15.5 Å². The molecule has 0 saturated carbocycles. The Hall–Kier alpha value is -4.19. The fraction of sp³-hybridized carbons (Fsp3) is 0.233. The SMILES string of the molecule is CC(=O)Nc1cccc(-c2ccc3c(c2)[C@H](CNc2cccc4cccnc24)C[C@H](C)N3C(C)=O)c1. The van der Waals surface area contributed by atoms with Crippen molar-refractivity contribution in [2.75, 3.05) is 22.1 Å². The molecule has 0 unspecified atom stereocenters. The zero-order chi connectivity index (χ0) is 25.2. The second-order valence-corrected chi connectivity index (χ2v) is 9.47. The van der Waals surface area contributed by atoms with Crippen LogP contribution in [0.4, 0.5) is 17.1 Å². The van der Waals surface area contributed by atoms with E-state index in [0.29, 0.717) is 0 Å². The molecule has 4 aromatic rings. The summed E-state index contributed by atoms with van der Waals surface area (Å²) in [5.74, 6) is 0.162. The summed E-state index contributed by atoms with van der Waals surface area (Å²) in [7, 11) is 0. The lowest BCUT2D eigenvalue weighted by molar-refractivity contribution is -0.117. The van der Waals surface area contributed by atoms with Crippen molar-refractivity contribution in [1.82, 2.24) is 4.98 Å². The Labute approximate surface area is 211 Å². The first kappa shape index (κ1) is 23.5. The van der Waals surface area contributed by atoms with Crippen molar-refractivity contribution in [2.45, 2.75) is 39.2 Å². The van der Waals surface area contributed by atoms with Crippen molar-refractivity contribution in [3.05, 3.63) is 84.6 Å². The standard InChI is InChI=1S/C30H30N4O2/c1-19-15-25(18-32-28-11-5-7-22-9-6-14-31-30(22)28)27-17-24(12-13-29(27)34(19)21(3)36)23-8-4-10-26(16-23)33-20(2)35/h4-14,16-17,19,25,32H,15,18H2,1-3H3,(H,33,35)/t19-,25-/m0/s1. The second-order valence-electron chi connectivity index (χ2n) is 9.47. The molecule has 0 bridgehead atoms. The Kier molecular flexibility index (Phi) is 6.42. The molecule has 36 heavy (non-hydrogen) atoms. The largest absolute Gasteiger partial charge is 0.383 e. The molecule has 2 heterocycles.